The third-order valence-electron chi connectivity index (χ3n) is 1.42. The lowest BCUT2D eigenvalue weighted by Gasteiger charge is -2.20. The Hall–Kier alpha value is -1.52. The number of aromatic nitrogens is 2. The van der Waals surface area contributed by atoms with Gasteiger partial charge in [0.05, 0.1) is 0 Å². The third-order valence-corrected chi connectivity index (χ3v) is 1.42. The van der Waals surface area contributed by atoms with Crippen LogP contribution in [0.1, 0.15) is 19.7 Å². The fourth-order valence-electron chi connectivity index (χ4n) is 0.894. The molecule has 0 saturated carbocycles. The van der Waals surface area contributed by atoms with Gasteiger partial charge in [-0.2, -0.15) is 0 Å². The first-order valence-electron chi connectivity index (χ1n) is 3.50. The van der Waals surface area contributed by atoms with Gasteiger partial charge in [0, 0.05) is 12.4 Å². The number of nitrogens with two attached hydrogens (primary N) is 1. The van der Waals surface area contributed by atoms with Crippen LogP contribution in [-0.4, -0.2) is 16.1 Å². The first kappa shape index (κ1) is 8.58. The summed E-state index contributed by atoms with van der Waals surface area (Å²) in [6.07, 6.45) is 2.43. The molecule has 0 atom stereocenters. The van der Waals surface area contributed by atoms with Gasteiger partial charge in [0.1, 0.15) is 5.82 Å². The van der Waals surface area contributed by atoms with E-state index in [4.69, 9.17) is 10.5 Å². The number of H-pyrrole nitrogens is 1. The van der Waals surface area contributed by atoms with Gasteiger partial charge in [-0.3, -0.25) is 0 Å². The maximum Gasteiger partial charge on any atom is 0.405 e. The number of primary amides is 1. The number of rotatable bonds is 2. The first-order chi connectivity index (χ1) is 5.52. The summed E-state index contributed by atoms with van der Waals surface area (Å²) >= 11 is 0. The second-order valence-electron chi connectivity index (χ2n) is 2.87. The molecule has 0 bridgehead atoms. The summed E-state index contributed by atoms with van der Waals surface area (Å²) in [6, 6.07) is 0. The first-order valence-corrected chi connectivity index (χ1v) is 3.50. The maximum absolute atomic E-state index is 10.5. The number of hydrogen-bond acceptors (Lipinski definition) is 3. The standard InChI is InChI=1S/C7H11N3O2/c1-7(2,12-6(8)11)5-9-3-4-10-5/h3-4H,1-2H3,(H2,8,11)(H,9,10). The van der Waals surface area contributed by atoms with Gasteiger partial charge in [-0.25, -0.2) is 9.78 Å². The minimum absolute atomic E-state index is 0.571. The van der Waals surface area contributed by atoms with Gasteiger partial charge in [-0.1, -0.05) is 0 Å². The van der Waals surface area contributed by atoms with Crippen molar-refractivity contribution in [3.05, 3.63) is 18.2 Å². The maximum atomic E-state index is 10.5. The minimum Gasteiger partial charge on any atom is -0.436 e. The van der Waals surface area contributed by atoms with Crippen LogP contribution < -0.4 is 5.73 Å². The lowest BCUT2D eigenvalue weighted by atomic mass is 10.1. The highest BCUT2D eigenvalue weighted by molar-refractivity contribution is 5.65. The Morgan fingerprint density at radius 3 is 2.83 bits per heavy atom. The lowest BCUT2D eigenvalue weighted by molar-refractivity contribution is 0.0370. The SMILES string of the molecule is CC(C)(OC(N)=O)c1ncc[nH]1. The summed E-state index contributed by atoms with van der Waals surface area (Å²) in [7, 11) is 0. The van der Waals surface area contributed by atoms with E-state index in [1.54, 1.807) is 26.2 Å². The van der Waals surface area contributed by atoms with Gasteiger partial charge in [-0.05, 0) is 13.8 Å². The summed E-state index contributed by atoms with van der Waals surface area (Å²) in [5, 5.41) is 0. The molecule has 0 saturated heterocycles. The fraction of sp³-hybridized carbons (Fsp3) is 0.429. The zero-order chi connectivity index (χ0) is 9.19. The second-order valence-corrected chi connectivity index (χ2v) is 2.87. The van der Waals surface area contributed by atoms with E-state index in [0.29, 0.717) is 5.82 Å². The predicted molar refractivity (Wildman–Crippen MR) is 42.3 cm³/mol. The monoisotopic (exact) mass is 169 g/mol. The second kappa shape index (κ2) is 2.84. The Morgan fingerprint density at radius 2 is 2.42 bits per heavy atom. The number of hydrogen-bond donors (Lipinski definition) is 2. The van der Waals surface area contributed by atoms with Crippen molar-refractivity contribution >= 4 is 6.09 Å². The number of carbonyl (C=O) groups excluding carboxylic acids is 1. The van der Waals surface area contributed by atoms with Crippen molar-refractivity contribution in [3.63, 3.8) is 0 Å². The Kier molecular flexibility index (Phi) is 2.03. The highest BCUT2D eigenvalue weighted by Crippen LogP contribution is 2.19. The largest absolute Gasteiger partial charge is 0.436 e. The van der Waals surface area contributed by atoms with Crippen LogP contribution in [0.5, 0.6) is 0 Å². The van der Waals surface area contributed by atoms with E-state index in [2.05, 4.69) is 9.97 Å². The number of aromatic amines is 1. The van der Waals surface area contributed by atoms with Crippen molar-refractivity contribution in [2.24, 2.45) is 5.73 Å². The average molecular weight is 169 g/mol. The van der Waals surface area contributed by atoms with Crippen molar-refractivity contribution in [3.8, 4) is 0 Å². The summed E-state index contributed by atoms with van der Waals surface area (Å²) in [5.74, 6) is 0.571. The molecule has 1 aromatic rings. The van der Waals surface area contributed by atoms with Crippen LogP contribution in [0.2, 0.25) is 0 Å². The lowest BCUT2D eigenvalue weighted by Crippen LogP contribution is -2.29. The fourth-order valence-corrected chi connectivity index (χ4v) is 0.894. The third kappa shape index (κ3) is 1.75. The van der Waals surface area contributed by atoms with E-state index < -0.39 is 11.7 Å². The van der Waals surface area contributed by atoms with Crippen molar-refractivity contribution in [1.82, 2.24) is 9.97 Å². The van der Waals surface area contributed by atoms with Crippen LogP contribution in [0.25, 0.3) is 0 Å². The van der Waals surface area contributed by atoms with Gasteiger partial charge in [0.2, 0.25) is 0 Å². The summed E-state index contributed by atoms with van der Waals surface area (Å²) in [4.78, 5) is 17.3. The summed E-state index contributed by atoms with van der Waals surface area (Å²) in [6.45, 7) is 3.41. The minimum atomic E-state index is -0.809. The molecule has 0 aliphatic rings. The molecule has 1 aromatic heterocycles. The molecule has 0 unspecified atom stereocenters. The molecule has 3 N–H and O–H groups in total. The molecule has 5 heteroatoms. The van der Waals surface area contributed by atoms with Gasteiger partial charge < -0.3 is 15.5 Å². The van der Waals surface area contributed by atoms with Crippen LogP contribution in [-0.2, 0) is 10.3 Å². The Labute approximate surface area is 69.9 Å². The molecule has 66 valence electrons. The van der Waals surface area contributed by atoms with Crippen molar-refractivity contribution in [1.29, 1.82) is 0 Å². The molecular formula is C7H11N3O2. The van der Waals surface area contributed by atoms with Gasteiger partial charge in [-0.15, -0.1) is 0 Å². The van der Waals surface area contributed by atoms with Crippen LogP contribution >= 0.6 is 0 Å². The van der Waals surface area contributed by atoms with Crippen LogP contribution in [0.4, 0.5) is 4.79 Å². The zero-order valence-electron chi connectivity index (χ0n) is 7.00. The van der Waals surface area contributed by atoms with E-state index >= 15 is 0 Å². The Morgan fingerprint density at radius 1 is 1.75 bits per heavy atom. The smallest absolute Gasteiger partial charge is 0.405 e. The molecule has 5 nitrogen and oxygen atoms in total. The van der Waals surface area contributed by atoms with Crippen molar-refractivity contribution in [2.45, 2.75) is 19.4 Å². The molecule has 1 rings (SSSR count). The molecular weight excluding hydrogens is 158 g/mol. The van der Waals surface area contributed by atoms with Gasteiger partial charge in [0.25, 0.3) is 0 Å². The number of carbonyl (C=O) groups is 1. The van der Waals surface area contributed by atoms with Crippen LogP contribution in [0.15, 0.2) is 12.4 Å². The van der Waals surface area contributed by atoms with Crippen molar-refractivity contribution in [2.75, 3.05) is 0 Å². The molecule has 0 radical (unpaired) electrons. The number of nitrogens with zero attached hydrogens (tertiary/aromatic N) is 1. The van der Waals surface area contributed by atoms with Crippen molar-refractivity contribution < 1.29 is 9.53 Å². The molecule has 0 fully saturated rings. The molecule has 1 heterocycles. The zero-order valence-corrected chi connectivity index (χ0v) is 7.00. The van der Waals surface area contributed by atoms with Crippen LogP contribution in [0, 0.1) is 0 Å². The van der Waals surface area contributed by atoms with Gasteiger partial charge >= 0.3 is 6.09 Å². The Bertz CT molecular complexity index is 266. The topological polar surface area (TPSA) is 81.0 Å². The summed E-state index contributed by atoms with van der Waals surface area (Å²) < 4.78 is 4.83. The normalized spacial score (nSPS) is 11.2. The highest BCUT2D eigenvalue weighted by atomic mass is 16.6. The number of imidazole rings is 1. The van der Waals surface area contributed by atoms with Gasteiger partial charge in [0.15, 0.2) is 5.60 Å². The van der Waals surface area contributed by atoms with E-state index in [1.165, 1.54) is 0 Å². The van der Waals surface area contributed by atoms with E-state index in [0.717, 1.165) is 0 Å². The average Bonchev–Trinajstić information content (AvgIpc) is 2.32. The Balaban J connectivity index is 2.79. The quantitative estimate of drug-likeness (QED) is 0.685. The summed E-state index contributed by atoms with van der Waals surface area (Å²) in [5.41, 5.74) is 4.09. The van der Waals surface area contributed by atoms with Crippen LogP contribution in [0.3, 0.4) is 0 Å². The predicted octanol–water partition coefficient (Wildman–Crippen LogP) is 0.740. The van der Waals surface area contributed by atoms with E-state index in [9.17, 15) is 4.79 Å². The van der Waals surface area contributed by atoms with E-state index in [-0.39, 0.29) is 0 Å². The van der Waals surface area contributed by atoms with E-state index in [1.807, 2.05) is 0 Å². The molecule has 0 aliphatic heterocycles. The number of ether oxygens (including phenoxy) is 1. The molecule has 0 aliphatic carbocycles. The molecule has 0 aromatic carbocycles. The molecule has 0 spiro atoms. The molecule has 1 amide bonds. The number of nitrogens with one attached hydrogen (secondary N) is 1. The highest BCUT2D eigenvalue weighted by Gasteiger charge is 2.26. The molecule has 12 heavy (non-hydrogen) atoms. The number of amides is 1.